The summed E-state index contributed by atoms with van der Waals surface area (Å²) in [6, 6.07) is 2.11. The van der Waals surface area contributed by atoms with Crippen LogP contribution < -0.4 is 74.6 Å². The first-order valence-electron chi connectivity index (χ1n) is 12.4. The average Bonchev–Trinajstić information content (AvgIpc) is 2.85. The van der Waals surface area contributed by atoms with E-state index in [1.54, 1.807) is 0 Å². The molecule has 0 aromatic heterocycles. The number of nitrogens with two attached hydrogens (primary N) is 1. The molecular weight excluding hydrogens is 555 g/mol. The summed E-state index contributed by atoms with van der Waals surface area (Å²) < 4.78 is 19.4. The number of carbonyl (C=O) groups is 2. The molecule has 0 rings (SSSR count). The third kappa shape index (κ3) is 41.1. The number of phosphoric acid groups is 1. The molecular formula is C28H54NNa2O8P. The van der Waals surface area contributed by atoms with Gasteiger partial charge in [0, 0.05) is 49.0 Å². The molecule has 226 valence electrons. The fourth-order valence-electron chi connectivity index (χ4n) is 2.91. The molecule has 12 heteroatoms. The first-order valence-corrected chi connectivity index (χ1v) is 13.9. The quantitative estimate of drug-likeness (QED) is 0.0480. The van der Waals surface area contributed by atoms with E-state index in [1.165, 1.54) is 44.9 Å². The van der Waals surface area contributed by atoms with Gasteiger partial charge >= 0.3 is 71.1 Å². The molecule has 0 aromatic carbocycles. The molecule has 0 saturated heterocycles. The van der Waals surface area contributed by atoms with Crippen molar-refractivity contribution in [2.45, 2.75) is 96.5 Å². The zero-order valence-electron chi connectivity index (χ0n) is 23.9. The van der Waals surface area contributed by atoms with Gasteiger partial charge in [0.2, 0.25) is 0 Å². The molecule has 0 unspecified atom stereocenters. The Labute approximate surface area is 297 Å². The smallest absolute Gasteiger partial charge is 0.790 e. The summed E-state index contributed by atoms with van der Waals surface area (Å²) in [5.74, 6) is 16.8. The number of unbranched alkanes of at least 4 members (excludes halogenated alkanes) is 10. The van der Waals surface area contributed by atoms with E-state index in [4.69, 9.17) is 22.0 Å². The molecule has 0 heterocycles. The standard InChI is InChI=1S/C18H35O8P.C10H3N.2Na.9H2/c1-2-3-4-5-6-7-8-9-10-11-12-13-18(21)26-16(14-17(19)20)15-25-27(22,23)24;1-2-3-4-5-6-7-8-9-10-11;;;;;;;;;;;/h16H,2-15H2,1H3,(H,19,20)(H2,22,23,24);1H,11H2;;;9*1H/q;;2*+1;;;;;;;;;/p-2/t16-;;;;;;;;;;;;/m0............/s1. The number of esters is 1. The molecule has 0 saturated carbocycles. The van der Waals surface area contributed by atoms with Gasteiger partial charge in [-0.1, -0.05) is 71.1 Å². The SMILES string of the molecule is C#CC#CC#CC#CC#CN.CCCCCCCCCCCCCC(=O)O[C@H](COP(=O)([O-])[O-])CC(=O)O.[HH].[HH].[HH].[HH].[HH].[HH].[HH].[HH].[HH].[Na+].[Na+]. The van der Waals surface area contributed by atoms with Crippen molar-refractivity contribution in [3.63, 3.8) is 0 Å². The van der Waals surface area contributed by atoms with Crippen LogP contribution in [0.1, 0.15) is 103 Å². The number of carbonyl (C=O) groups excluding carboxylic acids is 1. The van der Waals surface area contributed by atoms with E-state index in [0.29, 0.717) is 6.42 Å². The summed E-state index contributed by atoms with van der Waals surface area (Å²) in [5, 5.41) is 8.73. The number of hydrogen-bond acceptors (Lipinski definition) is 8. The van der Waals surface area contributed by atoms with Crippen LogP contribution in [0.15, 0.2) is 0 Å². The van der Waals surface area contributed by atoms with Crippen LogP contribution in [0.5, 0.6) is 0 Å². The molecule has 40 heavy (non-hydrogen) atoms. The number of rotatable bonds is 18. The molecule has 0 spiro atoms. The van der Waals surface area contributed by atoms with Crippen molar-refractivity contribution in [2.24, 2.45) is 5.73 Å². The Morgan fingerprint density at radius 3 is 1.75 bits per heavy atom. The number of terminal acetylenes is 1. The van der Waals surface area contributed by atoms with Gasteiger partial charge in [-0.3, -0.25) is 9.59 Å². The largest absolute Gasteiger partial charge is 1.00 e. The van der Waals surface area contributed by atoms with Crippen molar-refractivity contribution in [1.29, 1.82) is 0 Å². The van der Waals surface area contributed by atoms with Crippen molar-refractivity contribution in [3.8, 4) is 59.8 Å². The number of hydrogen-bond donors (Lipinski definition) is 2. The van der Waals surface area contributed by atoms with Crippen LogP contribution in [0, 0.1) is 59.8 Å². The average molecular weight is 610 g/mol. The van der Waals surface area contributed by atoms with Gasteiger partial charge in [-0.25, -0.2) is 0 Å². The third-order valence-electron chi connectivity index (χ3n) is 4.62. The van der Waals surface area contributed by atoms with Crippen LogP contribution in [0.4, 0.5) is 0 Å². The molecule has 0 aliphatic carbocycles. The van der Waals surface area contributed by atoms with Crippen LogP contribution in [0.25, 0.3) is 0 Å². The normalized spacial score (nSPS) is 9.55. The van der Waals surface area contributed by atoms with Crippen LogP contribution in [-0.4, -0.2) is 29.8 Å². The summed E-state index contributed by atoms with van der Waals surface area (Å²) in [6.07, 6.45) is 15.6. The first-order chi connectivity index (χ1) is 18.2. The number of aliphatic carboxylic acids is 1. The van der Waals surface area contributed by atoms with Crippen LogP contribution in [0.2, 0.25) is 0 Å². The van der Waals surface area contributed by atoms with Gasteiger partial charge in [-0.05, 0) is 30.1 Å². The van der Waals surface area contributed by atoms with Gasteiger partial charge in [0.15, 0.2) is 0 Å². The molecule has 0 aliphatic heterocycles. The van der Waals surface area contributed by atoms with E-state index < -0.39 is 38.9 Å². The molecule has 0 aliphatic rings. The summed E-state index contributed by atoms with van der Waals surface area (Å²) >= 11 is 0. The van der Waals surface area contributed by atoms with Gasteiger partial charge in [0.05, 0.1) is 20.9 Å². The Kier molecular flexibility index (Phi) is 38.6. The van der Waals surface area contributed by atoms with Crippen molar-refractivity contribution in [3.05, 3.63) is 0 Å². The van der Waals surface area contributed by atoms with Crippen molar-refractivity contribution in [1.82, 2.24) is 0 Å². The molecule has 0 bridgehead atoms. The molecule has 0 aromatic rings. The first kappa shape index (κ1) is 45.6. The van der Waals surface area contributed by atoms with Crippen molar-refractivity contribution in [2.75, 3.05) is 6.61 Å². The number of phosphoric ester groups is 1. The van der Waals surface area contributed by atoms with Gasteiger partial charge in [-0.2, -0.15) is 0 Å². The molecule has 0 fully saturated rings. The molecule has 0 radical (unpaired) electrons. The van der Waals surface area contributed by atoms with E-state index in [1.807, 2.05) is 0 Å². The van der Waals surface area contributed by atoms with Crippen LogP contribution >= 0.6 is 7.82 Å². The Balaban J connectivity index is -0.0000000473. The second-order valence-corrected chi connectivity index (χ2v) is 9.05. The molecule has 1 atom stereocenters. The fourth-order valence-corrected chi connectivity index (χ4v) is 3.26. The maximum atomic E-state index is 11.7. The zero-order chi connectivity index (χ0) is 28.9. The van der Waals surface area contributed by atoms with Gasteiger partial charge in [0.25, 0.3) is 0 Å². The monoisotopic (exact) mass is 609 g/mol. The zero-order valence-corrected chi connectivity index (χ0v) is 28.8. The Hall–Kier alpha value is -1.35. The maximum absolute atomic E-state index is 11.7. The molecule has 3 N–H and O–H groups in total. The summed E-state index contributed by atoms with van der Waals surface area (Å²) in [7, 11) is -5.24. The molecule has 9 nitrogen and oxygen atoms in total. The van der Waals surface area contributed by atoms with E-state index in [2.05, 4.69) is 64.9 Å². The van der Waals surface area contributed by atoms with Crippen molar-refractivity contribution < 1.29 is 110 Å². The number of carboxylic acid groups (broad SMARTS) is 1. The number of ether oxygens (including phenoxy) is 1. The summed E-state index contributed by atoms with van der Waals surface area (Å²) in [4.78, 5) is 43.3. The third-order valence-corrected chi connectivity index (χ3v) is 5.09. The Morgan fingerprint density at radius 1 is 0.875 bits per heavy atom. The Bertz CT molecular complexity index is 1060. The second kappa shape index (κ2) is 33.9. The summed E-state index contributed by atoms with van der Waals surface area (Å²) in [6.45, 7) is 1.42. The van der Waals surface area contributed by atoms with Gasteiger partial charge in [-0.15, -0.1) is 6.42 Å². The summed E-state index contributed by atoms with van der Waals surface area (Å²) in [5.41, 5.74) is 4.82. The second-order valence-electron chi connectivity index (χ2n) is 7.90. The van der Waals surface area contributed by atoms with Gasteiger partial charge < -0.3 is 34.5 Å². The van der Waals surface area contributed by atoms with E-state index in [9.17, 15) is 23.9 Å². The van der Waals surface area contributed by atoms with E-state index in [-0.39, 0.29) is 78.4 Å². The van der Waals surface area contributed by atoms with Crippen LogP contribution in [0.3, 0.4) is 0 Å². The topological polar surface area (TPSA) is 162 Å². The molecule has 0 amide bonds. The predicted octanol–water partition coefficient (Wildman–Crippen LogP) is -1.31. The predicted molar refractivity (Wildman–Crippen MR) is 160 cm³/mol. The van der Waals surface area contributed by atoms with E-state index >= 15 is 0 Å². The minimum Gasteiger partial charge on any atom is -0.790 e. The minimum atomic E-state index is -5.24. The van der Waals surface area contributed by atoms with E-state index in [0.717, 1.165) is 19.3 Å². The van der Waals surface area contributed by atoms with Gasteiger partial charge in [0.1, 0.15) is 6.10 Å². The Morgan fingerprint density at radius 2 is 1.32 bits per heavy atom. The fraction of sp³-hybridized carbons (Fsp3) is 0.571. The number of carboxylic acids is 1. The maximum Gasteiger partial charge on any atom is 1.00 e. The van der Waals surface area contributed by atoms with Crippen molar-refractivity contribution >= 4 is 19.8 Å². The van der Waals surface area contributed by atoms with Crippen LogP contribution in [-0.2, 0) is 23.4 Å². The minimum absolute atomic E-state index is 0.